The molecule has 1 amide bonds. The summed E-state index contributed by atoms with van der Waals surface area (Å²) in [5.74, 6) is 0.903. The molecule has 1 N–H and O–H groups in total. The second-order valence-electron chi connectivity index (χ2n) is 6.92. The number of nitro benzene ring substituents is 1. The molecule has 0 aromatic heterocycles. The van der Waals surface area contributed by atoms with E-state index < -0.39 is 16.4 Å². The summed E-state index contributed by atoms with van der Waals surface area (Å²) in [7, 11) is 1.57. The third-order valence-electron chi connectivity index (χ3n) is 4.39. The number of rotatable bonds is 4. The molecule has 0 bridgehead atoms. The topological polar surface area (TPSA) is 90.7 Å². The molecule has 1 aliphatic rings. The minimum absolute atomic E-state index is 0.0305. The number of benzene rings is 2. The molecule has 0 radical (unpaired) electrons. The first kappa shape index (κ1) is 19.0. The van der Waals surface area contributed by atoms with E-state index in [9.17, 15) is 14.9 Å². The molecule has 0 fully saturated rings. The van der Waals surface area contributed by atoms with Gasteiger partial charge in [-0.3, -0.25) is 14.9 Å². The molecule has 1 heterocycles. The van der Waals surface area contributed by atoms with Crippen molar-refractivity contribution in [3.8, 4) is 11.5 Å². The number of nitrogens with zero attached hydrogens (tertiary/aromatic N) is 1. The second-order valence-corrected chi connectivity index (χ2v) is 7.32. The van der Waals surface area contributed by atoms with E-state index in [0.29, 0.717) is 17.9 Å². The van der Waals surface area contributed by atoms with Gasteiger partial charge in [0.1, 0.15) is 17.1 Å². The molecule has 1 unspecified atom stereocenters. The molecule has 27 heavy (non-hydrogen) atoms. The third-order valence-corrected chi connectivity index (χ3v) is 4.70. The SMILES string of the molecule is COc1ccc2c(c1)OC(C)(C)CC2NC(=O)c1ccc([N+](=O)[O-])cc1Cl. The Morgan fingerprint density at radius 2 is 2.07 bits per heavy atom. The number of nitrogens with one attached hydrogen (secondary N) is 1. The highest BCUT2D eigenvalue weighted by molar-refractivity contribution is 6.34. The third kappa shape index (κ3) is 3.98. The van der Waals surface area contributed by atoms with Gasteiger partial charge in [-0.1, -0.05) is 11.6 Å². The van der Waals surface area contributed by atoms with Gasteiger partial charge < -0.3 is 14.8 Å². The van der Waals surface area contributed by atoms with E-state index >= 15 is 0 Å². The van der Waals surface area contributed by atoms with E-state index in [2.05, 4.69) is 5.32 Å². The Kier molecular flexibility index (Phi) is 4.97. The van der Waals surface area contributed by atoms with Crippen LogP contribution in [0.2, 0.25) is 5.02 Å². The summed E-state index contributed by atoms with van der Waals surface area (Å²) in [6, 6.07) is 8.93. The van der Waals surface area contributed by atoms with Gasteiger partial charge in [0.15, 0.2) is 0 Å². The lowest BCUT2D eigenvalue weighted by Gasteiger charge is -2.38. The average molecular weight is 391 g/mol. The van der Waals surface area contributed by atoms with Gasteiger partial charge in [-0.05, 0) is 32.0 Å². The average Bonchev–Trinajstić information content (AvgIpc) is 2.59. The van der Waals surface area contributed by atoms with Crippen LogP contribution in [0.5, 0.6) is 11.5 Å². The normalized spacial score (nSPS) is 17.4. The molecule has 3 rings (SSSR count). The quantitative estimate of drug-likeness (QED) is 0.621. The van der Waals surface area contributed by atoms with E-state index in [1.54, 1.807) is 19.2 Å². The van der Waals surface area contributed by atoms with Gasteiger partial charge >= 0.3 is 0 Å². The molecule has 8 heteroatoms. The van der Waals surface area contributed by atoms with Crippen LogP contribution < -0.4 is 14.8 Å². The Morgan fingerprint density at radius 1 is 1.33 bits per heavy atom. The van der Waals surface area contributed by atoms with Crippen molar-refractivity contribution in [1.29, 1.82) is 0 Å². The highest BCUT2D eigenvalue weighted by Crippen LogP contribution is 2.41. The molecule has 2 aromatic carbocycles. The second kappa shape index (κ2) is 7.08. The maximum atomic E-state index is 12.7. The monoisotopic (exact) mass is 390 g/mol. The zero-order chi connectivity index (χ0) is 19.8. The smallest absolute Gasteiger partial charge is 0.270 e. The predicted molar refractivity (Wildman–Crippen MR) is 101 cm³/mol. The summed E-state index contributed by atoms with van der Waals surface area (Å²) in [6.45, 7) is 3.88. The number of carbonyl (C=O) groups is 1. The Labute approximate surface area is 161 Å². The number of hydrogen-bond acceptors (Lipinski definition) is 5. The van der Waals surface area contributed by atoms with Crippen LogP contribution in [0.25, 0.3) is 0 Å². The summed E-state index contributed by atoms with van der Waals surface area (Å²) in [6.07, 6.45) is 0.558. The van der Waals surface area contributed by atoms with Crippen molar-refractivity contribution >= 4 is 23.2 Å². The Morgan fingerprint density at radius 3 is 2.70 bits per heavy atom. The first-order valence-electron chi connectivity index (χ1n) is 8.32. The van der Waals surface area contributed by atoms with Crippen LogP contribution in [-0.4, -0.2) is 23.5 Å². The molecule has 1 atom stereocenters. The van der Waals surface area contributed by atoms with Gasteiger partial charge in [-0.2, -0.15) is 0 Å². The lowest BCUT2D eigenvalue weighted by atomic mass is 9.89. The number of halogens is 1. The summed E-state index contributed by atoms with van der Waals surface area (Å²) >= 11 is 6.08. The van der Waals surface area contributed by atoms with Crippen molar-refractivity contribution in [1.82, 2.24) is 5.32 Å². The van der Waals surface area contributed by atoms with Gasteiger partial charge in [-0.25, -0.2) is 0 Å². The molecule has 142 valence electrons. The summed E-state index contributed by atoms with van der Waals surface area (Å²) in [5, 5.41) is 13.8. The number of fused-ring (bicyclic) bond motifs is 1. The number of methoxy groups -OCH3 is 1. The van der Waals surface area contributed by atoms with Crippen LogP contribution in [0.1, 0.15) is 42.2 Å². The summed E-state index contributed by atoms with van der Waals surface area (Å²) < 4.78 is 11.3. The van der Waals surface area contributed by atoms with Crippen molar-refractivity contribution in [2.24, 2.45) is 0 Å². The summed E-state index contributed by atoms with van der Waals surface area (Å²) in [5.41, 5.74) is 0.362. The van der Waals surface area contributed by atoms with Gasteiger partial charge in [0.2, 0.25) is 0 Å². The van der Waals surface area contributed by atoms with E-state index in [-0.39, 0.29) is 22.3 Å². The van der Waals surface area contributed by atoms with Crippen molar-refractivity contribution in [2.75, 3.05) is 7.11 Å². The lowest BCUT2D eigenvalue weighted by molar-refractivity contribution is -0.384. The zero-order valence-corrected chi connectivity index (χ0v) is 15.9. The van der Waals surface area contributed by atoms with Gasteiger partial charge in [0.05, 0.1) is 28.7 Å². The molecule has 7 nitrogen and oxygen atoms in total. The molecular formula is C19H19ClN2O5. The van der Waals surface area contributed by atoms with E-state index in [0.717, 1.165) is 5.56 Å². The zero-order valence-electron chi connectivity index (χ0n) is 15.1. The predicted octanol–water partition coefficient (Wildman–Crippen LogP) is 4.29. The highest BCUT2D eigenvalue weighted by atomic mass is 35.5. The number of amides is 1. The molecule has 0 saturated heterocycles. The first-order chi connectivity index (χ1) is 12.7. The Balaban J connectivity index is 1.89. The lowest BCUT2D eigenvalue weighted by Crippen LogP contribution is -2.41. The van der Waals surface area contributed by atoms with Crippen LogP contribution in [0.3, 0.4) is 0 Å². The fraction of sp³-hybridized carbons (Fsp3) is 0.316. The van der Waals surface area contributed by atoms with Crippen LogP contribution in [0.4, 0.5) is 5.69 Å². The molecule has 0 aliphatic carbocycles. The fourth-order valence-corrected chi connectivity index (χ4v) is 3.39. The van der Waals surface area contributed by atoms with Gasteiger partial charge in [0.25, 0.3) is 11.6 Å². The minimum atomic E-state index is -0.557. The maximum absolute atomic E-state index is 12.7. The number of carbonyl (C=O) groups excluding carboxylic acids is 1. The fourth-order valence-electron chi connectivity index (χ4n) is 3.13. The molecule has 1 aliphatic heterocycles. The van der Waals surface area contributed by atoms with Gasteiger partial charge in [-0.15, -0.1) is 0 Å². The Bertz CT molecular complexity index is 913. The standard InChI is InChI=1S/C19H19ClN2O5/c1-19(2)10-16(14-7-5-12(26-3)9-17(14)27-19)21-18(23)13-6-4-11(22(24)25)8-15(13)20/h4-9,16H,10H2,1-3H3,(H,21,23). The van der Waals surface area contributed by atoms with Crippen molar-refractivity contribution in [2.45, 2.75) is 31.9 Å². The van der Waals surface area contributed by atoms with E-state index in [1.807, 2.05) is 19.9 Å². The molecule has 2 aromatic rings. The molecule has 0 spiro atoms. The van der Waals surface area contributed by atoms with Crippen molar-refractivity contribution in [3.05, 3.63) is 62.7 Å². The maximum Gasteiger partial charge on any atom is 0.270 e. The van der Waals surface area contributed by atoms with Crippen molar-refractivity contribution < 1.29 is 19.2 Å². The number of hydrogen-bond donors (Lipinski definition) is 1. The molecular weight excluding hydrogens is 372 g/mol. The summed E-state index contributed by atoms with van der Waals surface area (Å²) in [4.78, 5) is 23.0. The van der Waals surface area contributed by atoms with Crippen LogP contribution in [0, 0.1) is 10.1 Å². The minimum Gasteiger partial charge on any atom is -0.497 e. The van der Waals surface area contributed by atoms with E-state index in [1.165, 1.54) is 18.2 Å². The molecule has 0 saturated carbocycles. The van der Waals surface area contributed by atoms with Gasteiger partial charge in [0, 0.05) is 30.2 Å². The van der Waals surface area contributed by atoms with Crippen LogP contribution >= 0.6 is 11.6 Å². The highest BCUT2D eigenvalue weighted by Gasteiger charge is 2.35. The van der Waals surface area contributed by atoms with Crippen LogP contribution in [-0.2, 0) is 0 Å². The number of ether oxygens (including phenoxy) is 2. The van der Waals surface area contributed by atoms with Crippen LogP contribution in [0.15, 0.2) is 36.4 Å². The van der Waals surface area contributed by atoms with Crippen molar-refractivity contribution in [3.63, 3.8) is 0 Å². The first-order valence-corrected chi connectivity index (χ1v) is 8.70. The largest absolute Gasteiger partial charge is 0.497 e. The number of nitro groups is 1. The Hall–Kier alpha value is -2.80. The van der Waals surface area contributed by atoms with E-state index in [4.69, 9.17) is 21.1 Å². The number of non-ortho nitro benzene ring substituents is 1.